The fraction of sp³-hybridized carbons (Fsp3) is 0.625. The number of likely N-dealkylation sites (tertiary alicyclic amines) is 1. The number of aryl methyl sites for hydroxylation is 1. The number of guanidine groups is 1. The minimum Gasteiger partial charge on any atom is -0.376 e. The van der Waals surface area contributed by atoms with Gasteiger partial charge in [-0.2, -0.15) is 0 Å². The van der Waals surface area contributed by atoms with Gasteiger partial charge in [0.2, 0.25) is 0 Å². The van der Waals surface area contributed by atoms with Crippen LogP contribution in [0.3, 0.4) is 0 Å². The van der Waals surface area contributed by atoms with Gasteiger partial charge in [0, 0.05) is 32.7 Å². The molecule has 2 aliphatic rings. The van der Waals surface area contributed by atoms with Gasteiger partial charge in [0.15, 0.2) is 5.96 Å². The zero-order valence-electron chi connectivity index (χ0n) is 19.2. The number of rotatable bonds is 10. The molecule has 3 heterocycles. The number of benzene rings is 1. The lowest BCUT2D eigenvalue weighted by atomic mass is 10.1. The van der Waals surface area contributed by atoms with Gasteiger partial charge in [-0.15, -0.1) is 10.2 Å². The van der Waals surface area contributed by atoms with E-state index in [9.17, 15) is 0 Å². The Morgan fingerprint density at radius 2 is 2.03 bits per heavy atom. The SMILES string of the molecule is CCc1nncn1CCNC(=NCC(c1ccccc1)N1CCCC1)NCC1CCCO1. The Morgan fingerprint density at radius 1 is 1.19 bits per heavy atom. The molecule has 0 radical (unpaired) electrons. The summed E-state index contributed by atoms with van der Waals surface area (Å²) >= 11 is 0. The van der Waals surface area contributed by atoms with Gasteiger partial charge in [-0.05, 0) is 44.3 Å². The fourth-order valence-electron chi connectivity index (χ4n) is 4.56. The number of nitrogens with one attached hydrogen (secondary N) is 2. The lowest BCUT2D eigenvalue weighted by molar-refractivity contribution is 0.113. The Hall–Kier alpha value is -2.45. The van der Waals surface area contributed by atoms with Crippen molar-refractivity contribution in [3.8, 4) is 0 Å². The molecule has 0 saturated carbocycles. The second kappa shape index (κ2) is 12.0. The van der Waals surface area contributed by atoms with E-state index in [1.807, 2.05) is 0 Å². The maximum absolute atomic E-state index is 5.80. The summed E-state index contributed by atoms with van der Waals surface area (Å²) in [5.74, 6) is 1.86. The normalized spacial score (nSPS) is 20.5. The van der Waals surface area contributed by atoms with Crippen LogP contribution in [0.25, 0.3) is 0 Å². The predicted octanol–water partition coefficient (Wildman–Crippen LogP) is 2.39. The van der Waals surface area contributed by atoms with E-state index in [1.54, 1.807) is 6.33 Å². The molecule has 1 aromatic carbocycles. The number of aromatic nitrogens is 3. The van der Waals surface area contributed by atoms with E-state index in [0.29, 0.717) is 6.04 Å². The predicted molar refractivity (Wildman–Crippen MR) is 127 cm³/mol. The second-order valence-electron chi connectivity index (χ2n) is 8.60. The Labute approximate surface area is 191 Å². The Morgan fingerprint density at radius 3 is 2.78 bits per heavy atom. The molecule has 0 aliphatic carbocycles. The third kappa shape index (κ3) is 6.29. The van der Waals surface area contributed by atoms with Crippen LogP contribution in [0.2, 0.25) is 0 Å². The maximum atomic E-state index is 5.80. The van der Waals surface area contributed by atoms with Crippen molar-refractivity contribution in [2.75, 3.05) is 39.3 Å². The summed E-state index contributed by atoms with van der Waals surface area (Å²) in [4.78, 5) is 7.59. The lowest BCUT2D eigenvalue weighted by Gasteiger charge is -2.27. The second-order valence-corrected chi connectivity index (χ2v) is 8.60. The average Bonchev–Trinajstić information content (AvgIpc) is 3.61. The molecule has 2 N–H and O–H groups in total. The van der Waals surface area contributed by atoms with Crippen molar-refractivity contribution < 1.29 is 4.74 Å². The molecule has 1 aromatic heterocycles. The summed E-state index contributed by atoms with van der Waals surface area (Å²) in [5, 5.41) is 15.3. The molecular formula is C24H37N7O. The van der Waals surface area contributed by atoms with Crippen LogP contribution in [0.5, 0.6) is 0 Å². The first-order chi connectivity index (χ1) is 15.8. The molecule has 8 heteroatoms. The van der Waals surface area contributed by atoms with Gasteiger partial charge in [0.25, 0.3) is 0 Å². The van der Waals surface area contributed by atoms with Crippen LogP contribution in [0.1, 0.15) is 50.0 Å². The van der Waals surface area contributed by atoms with Crippen molar-refractivity contribution >= 4 is 5.96 Å². The maximum Gasteiger partial charge on any atom is 0.191 e. The zero-order chi connectivity index (χ0) is 22.0. The molecule has 0 bridgehead atoms. The summed E-state index contributed by atoms with van der Waals surface area (Å²) < 4.78 is 7.90. The van der Waals surface area contributed by atoms with Crippen LogP contribution in [0.15, 0.2) is 41.7 Å². The van der Waals surface area contributed by atoms with Gasteiger partial charge < -0.3 is 19.9 Å². The van der Waals surface area contributed by atoms with Gasteiger partial charge in [0.05, 0.1) is 18.7 Å². The zero-order valence-corrected chi connectivity index (χ0v) is 19.2. The lowest BCUT2D eigenvalue weighted by Crippen LogP contribution is -2.43. The standard InChI is InChI=1S/C24H37N7O/c1-2-23-29-28-19-31(23)15-12-25-24(26-17-21-11-8-16-32-21)27-18-22(30-13-6-7-14-30)20-9-4-3-5-10-20/h3-5,9-10,19,21-22H,2,6-8,11-18H2,1H3,(H2,25,26,27). The quantitative estimate of drug-likeness (QED) is 0.437. The van der Waals surface area contributed by atoms with E-state index >= 15 is 0 Å². The summed E-state index contributed by atoms with van der Waals surface area (Å²) in [6.07, 6.45) is 7.76. The molecule has 174 valence electrons. The molecule has 32 heavy (non-hydrogen) atoms. The number of hydrogen-bond donors (Lipinski definition) is 2. The number of aliphatic imine (C=N–C) groups is 1. The van der Waals surface area contributed by atoms with E-state index in [-0.39, 0.29) is 6.10 Å². The average molecular weight is 440 g/mol. The van der Waals surface area contributed by atoms with Crippen LogP contribution in [0, 0.1) is 0 Å². The Kier molecular flexibility index (Phi) is 8.50. The van der Waals surface area contributed by atoms with Gasteiger partial charge in [-0.25, -0.2) is 0 Å². The van der Waals surface area contributed by atoms with Crippen molar-refractivity contribution in [1.29, 1.82) is 0 Å². The first kappa shape index (κ1) is 22.7. The van der Waals surface area contributed by atoms with Crippen LogP contribution in [-0.2, 0) is 17.7 Å². The van der Waals surface area contributed by atoms with E-state index in [0.717, 1.165) is 76.9 Å². The number of ether oxygens (including phenoxy) is 1. The van der Waals surface area contributed by atoms with Crippen molar-refractivity contribution in [3.05, 3.63) is 48.0 Å². The van der Waals surface area contributed by atoms with Crippen molar-refractivity contribution in [3.63, 3.8) is 0 Å². The van der Waals surface area contributed by atoms with Crippen molar-refractivity contribution in [2.24, 2.45) is 4.99 Å². The summed E-state index contributed by atoms with van der Waals surface area (Å²) in [7, 11) is 0. The van der Waals surface area contributed by atoms with Crippen LogP contribution < -0.4 is 10.6 Å². The molecule has 2 aliphatic heterocycles. The molecule has 2 unspecified atom stereocenters. The minimum absolute atomic E-state index is 0.273. The molecule has 2 saturated heterocycles. The van der Waals surface area contributed by atoms with E-state index in [4.69, 9.17) is 9.73 Å². The molecule has 8 nitrogen and oxygen atoms in total. The van der Waals surface area contributed by atoms with Crippen LogP contribution in [-0.4, -0.2) is 71.1 Å². The topological polar surface area (TPSA) is 79.6 Å². The highest BCUT2D eigenvalue weighted by molar-refractivity contribution is 5.79. The van der Waals surface area contributed by atoms with Crippen LogP contribution in [0.4, 0.5) is 0 Å². The van der Waals surface area contributed by atoms with E-state index in [2.05, 4.69) is 67.6 Å². The number of nitrogens with zero attached hydrogens (tertiary/aromatic N) is 5. The Balaban J connectivity index is 1.41. The highest BCUT2D eigenvalue weighted by Crippen LogP contribution is 2.25. The molecular weight excluding hydrogens is 402 g/mol. The fourth-order valence-corrected chi connectivity index (χ4v) is 4.56. The first-order valence-electron chi connectivity index (χ1n) is 12.1. The van der Waals surface area contributed by atoms with Gasteiger partial charge in [-0.1, -0.05) is 37.3 Å². The smallest absolute Gasteiger partial charge is 0.191 e. The van der Waals surface area contributed by atoms with E-state index < -0.39 is 0 Å². The van der Waals surface area contributed by atoms with Gasteiger partial charge >= 0.3 is 0 Å². The summed E-state index contributed by atoms with van der Waals surface area (Å²) in [6, 6.07) is 11.1. The molecule has 0 spiro atoms. The first-order valence-corrected chi connectivity index (χ1v) is 12.1. The van der Waals surface area contributed by atoms with Gasteiger partial charge in [-0.3, -0.25) is 9.89 Å². The molecule has 2 aromatic rings. The molecule has 4 rings (SSSR count). The van der Waals surface area contributed by atoms with Crippen molar-refractivity contribution in [2.45, 2.75) is 57.7 Å². The third-order valence-electron chi connectivity index (χ3n) is 6.37. The number of hydrogen-bond acceptors (Lipinski definition) is 5. The minimum atomic E-state index is 0.273. The molecule has 2 atom stereocenters. The largest absolute Gasteiger partial charge is 0.376 e. The molecule has 0 amide bonds. The van der Waals surface area contributed by atoms with Crippen LogP contribution >= 0.6 is 0 Å². The monoisotopic (exact) mass is 439 g/mol. The summed E-state index contributed by atoms with van der Waals surface area (Å²) in [6.45, 7) is 8.36. The van der Waals surface area contributed by atoms with E-state index in [1.165, 1.54) is 18.4 Å². The van der Waals surface area contributed by atoms with Gasteiger partial charge in [0.1, 0.15) is 12.2 Å². The highest BCUT2D eigenvalue weighted by Gasteiger charge is 2.23. The highest BCUT2D eigenvalue weighted by atomic mass is 16.5. The third-order valence-corrected chi connectivity index (χ3v) is 6.37. The Bertz CT molecular complexity index is 826. The summed E-state index contributed by atoms with van der Waals surface area (Å²) in [5.41, 5.74) is 1.34. The van der Waals surface area contributed by atoms with Crippen molar-refractivity contribution in [1.82, 2.24) is 30.3 Å². The molecule has 2 fully saturated rings.